The Morgan fingerprint density at radius 1 is 1.12 bits per heavy atom. The summed E-state index contributed by atoms with van der Waals surface area (Å²) in [7, 11) is -3.95. The van der Waals surface area contributed by atoms with Gasteiger partial charge in [-0.05, 0) is 61.7 Å². The third kappa shape index (κ3) is 4.56. The van der Waals surface area contributed by atoms with Crippen molar-refractivity contribution in [1.82, 2.24) is 0 Å². The van der Waals surface area contributed by atoms with Gasteiger partial charge in [-0.1, -0.05) is 54.4 Å². The van der Waals surface area contributed by atoms with Crippen molar-refractivity contribution in [3.05, 3.63) is 82.4 Å². The SMILES string of the molecule is CCc1cccc(C)c1NC(=O)[C@@H]1CN(S(=O)(=O)c2ccc(C)cc2)c2cc(Cl)ccc2O1. The molecule has 0 saturated carbocycles. The number of hydrogen-bond donors (Lipinski definition) is 1. The molecule has 0 fully saturated rings. The summed E-state index contributed by atoms with van der Waals surface area (Å²) >= 11 is 6.16. The number of hydrogen-bond acceptors (Lipinski definition) is 4. The van der Waals surface area contributed by atoms with Crippen LogP contribution in [0.2, 0.25) is 5.02 Å². The molecule has 1 aliphatic rings. The Balaban J connectivity index is 1.71. The number of rotatable bonds is 5. The van der Waals surface area contributed by atoms with Crippen LogP contribution in [0.1, 0.15) is 23.6 Å². The molecule has 1 N–H and O–H groups in total. The van der Waals surface area contributed by atoms with Gasteiger partial charge in [0, 0.05) is 10.7 Å². The molecule has 0 spiro atoms. The monoisotopic (exact) mass is 484 g/mol. The summed E-state index contributed by atoms with van der Waals surface area (Å²) < 4.78 is 34.2. The van der Waals surface area contributed by atoms with E-state index < -0.39 is 22.0 Å². The fourth-order valence-corrected chi connectivity index (χ4v) is 5.47. The summed E-state index contributed by atoms with van der Waals surface area (Å²) in [6.45, 7) is 5.64. The molecule has 1 atom stereocenters. The highest BCUT2D eigenvalue weighted by atomic mass is 35.5. The minimum absolute atomic E-state index is 0.132. The average molecular weight is 485 g/mol. The van der Waals surface area contributed by atoms with E-state index in [2.05, 4.69) is 5.32 Å². The lowest BCUT2D eigenvalue weighted by molar-refractivity contribution is -0.122. The van der Waals surface area contributed by atoms with Crippen molar-refractivity contribution in [2.24, 2.45) is 0 Å². The molecule has 0 unspecified atom stereocenters. The number of nitrogens with zero attached hydrogens (tertiary/aromatic N) is 1. The van der Waals surface area contributed by atoms with Crippen LogP contribution in [0.25, 0.3) is 0 Å². The van der Waals surface area contributed by atoms with Gasteiger partial charge in [0.15, 0.2) is 6.10 Å². The average Bonchev–Trinajstić information content (AvgIpc) is 2.79. The van der Waals surface area contributed by atoms with Crippen LogP contribution < -0.4 is 14.4 Å². The second kappa shape index (κ2) is 9.08. The summed E-state index contributed by atoms with van der Waals surface area (Å²) in [5, 5.41) is 3.32. The quantitative estimate of drug-likeness (QED) is 0.545. The van der Waals surface area contributed by atoms with E-state index in [1.54, 1.807) is 36.4 Å². The van der Waals surface area contributed by atoms with Crippen molar-refractivity contribution in [3.63, 3.8) is 0 Å². The van der Waals surface area contributed by atoms with E-state index in [0.29, 0.717) is 10.7 Å². The Bertz CT molecular complexity index is 1310. The topological polar surface area (TPSA) is 75.7 Å². The van der Waals surface area contributed by atoms with Gasteiger partial charge in [-0.25, -0.2) is 8.42 Å². The number of ether oxygens (including phenoxy) is 1. The van der Waals surface area contributed by atoms with Crippen LogP contribution in [0.4, 0.5) is 11.4 Å². The van der Waals surface area contributed by atoms with Gasteiger partial charge in [0.25, 0.3) is 15.9 Å². The number of para-hydroxylation sites is 1. The highest BCUT2D eigenvalue weighted by Gasteiger charge is 2.38. The molecular weight excluding hydrogens is 460 g/mol. The molecule has 1 heterocycles. The van der Waals surface area contributed by atoms with Crippen LogP contribution in [0.15, 0.2) is 65.6 Å². The first-order valence-electron chi connectivity index (χ1n) is 10.7. The van der Waals surface area contributed by atoms with Crippen molar-refractivity contribution < 1.29 is 17.9 Å². The van der Waals surface area contributed by atoms with Gasteiger partial charge in [-0.15, -0.1) is 0 Å². The standard InChI is InChI=1S/C25H25ClN2O4S/c1-4-18-7-5-6-17(3)24(18)27-25(29)23-15-28(21-14-19(26)10-13-22(21)32-23)33(30,31)20-11-8-16(2)9-12-20/h5-14,23H,4,15H2,1-3H3,(H,27,29)/t23-/m0/s1. The van der Waals surface area contributed by atoms with Gasteiger partial charge in [-0.3, -0.25) is 9.10 Å². The molecular formula is C25H25ClN2O4S. The fraction of sp³-hybridized carbons (Fsp3) is 0.240. The summed E-state index contributed by atoms with van der Waals surface area (Å²) in [5.41, 5.74) is 3.90. The first-order valence-corrected chi connectivity index (χ1v) is 12.5. The Hall–Kier alpha value is -3.03. The molecule has 4 rings (SSSR count). The van der Waals surface area contributed by atoms with Gasteiger partial charge in [0.05, 0.1) is 17.1 Å². The van der Waals surface area contributed by atoms with Gasteiger partial charge in [-0.2, -0.15) is 0 Å². The maximum Gasteiger partial charge on any atom is 0.267 e. The smallest absolute Gasteiger partial charge is 0.267 e. The number of carbonyl (C=O) groups excluding carboxylic acids is 1. The number of fused-ring (bicyclic) bond motifs is 1. The number of halogens is 1. The maximum atomic E-state index is 13.5. The van der Waals surface area contributed by atoms with Crippen LogP contribution >= 0.6 is 11.6 Å². The molecule has 0 aromatic heterocycles. The second-order valence-corrected chi connectivity index (χ2v) is 10.3. The van der Waals surface area contributed by atoms with Crippen LogP contribution in [0, 0.1) is 13.8 Å². The highest BCUT2D eigenvalue weighted by Crippen LogP contribution is 2.39. The van der Waals surface area contributed by atoms with Crippen LogP contribution in [-0.4, -0.2) is 27.0 Å². The molecule has 0 bridgehead atoms. The van der Waals surface area contributed by atoms with Crippen LogP contribution in [0.5, 0.6) is 5.75 Å². The number of sulfonamides is 1. The number of carbonyl (C=O) groups is 1. The first-order chi connectivity index (χ1) is 15.7. The van der Waals surface area contributed by atoms with Crippen LogP contribution in [0.3, 0.4) is 0 Å². The number of anilines is 2. The Morgan fingerprint density at radius 2 is 1.85 bits per heavy atom. The van der Waals surface area contributed by atoms with Gasteiger partial charge < -0.3 is 10.1 Å². The van der Waals surface area contributed by atoms with Crippen molar-refractivity contribution in [3.8, 4) is 5.75 Å². The predicted molar refractivity (Wildman–Crippen MR) is 131 cm³/mol. The van der Waals surface area contributed by atoms with Crippen LogP contribution in [-0.2, 0) is 21.2 Å². The van der Waals surface area contributed by atoms with Gasteiger partial charge >= 0.3 is 0 Å². The molecule has 3 aromatic rings. The lowest BCUT2D eigenvalue weighted by Gasteiger charge is -2.35. The normalized spacial score (nSPS) is 15.5. The molecule has 33 heavy (non-hydrogen) atoms. The molecule has 0 aliphatic carbocycles. The molecule has 3 aromatic carbocycles. The number of benzene rings is 3. The zero-order chi connectivity index (χ0) is 23.8. The fourth-order valence-electron chi connectivity index (χ4n) is 3.83. The van der Waals surface area contributed by atoms with E-state index in [0.717, 1.165) is 28.8 Å². The molecule has 0 radical (unpaired) electrons. The largest absolute Gasteiger partial charge is 0.476 e. The van der Waals surface area contributed by atoms with Gasteiger partial charge in [0.1, 0.15) is 5.75 Å². The third-order valence-corrected chi connectivity index (χ3v) is 7.71. The lowest BCUT2D eigenvalue weighted by atomic mass is 10.1. The van der Waals surface area contributed by atoms with E-state index in [1.165, 1.54) is 10.4 Å². The molecule has 6 nitrogen and oxygen atoms in total. The number of aryl methyl sites for hydroxylation is 3. The first kappa shape index (κ1) is 23.1. The predicted octanol–water partition coefficient (Wildman–Crippen LogP) is 5.11. The Morgan fingerprint density at radius 3 is 2.55 bits per heavy atom. The van der Waals surface area contributed by atoms with Crippen molar-refractivity contribution in [1.29, 1.82) is 0 Å². The summed E-state index contributed by atoms with van der Waals surface area (Å²) in [4.78, 5) is 13.4. The van der Waals surface area contributed by atoms with Crippen molar-refractivity contribution in [2.75, 3.05) is 16.2 Å². The Kier molecular flexibility index (Phi) is 6.36. The molecule has 172 valence electrons. The van der Waals surface area contributed by atoms with E-state index in [-0.39, 0.29) is 17.2 Å². The summed E-state index contributed by atoms with van der Waals surface area (Å²) in [6, 6.07) is 17.1. The van der Waals surface area contributed by atoms with E-state index in [1.807, 2.05) is 39.0 Å². The second-order valence-electron chi connectivity index (χ2n) is 8.02. The minimum atomic E-state index is -3.95. The van der Waals surface area contributed by atoms with E-state index in [9.17, 15) is 13.2 Å². The number of amides is 1. The van der Waals surface area contributed by atoms with E-state index in [4.69, 9.17) is 16.3 Å². The lowest BCUT2D eigenvalue weighted by Crippen LogP contribution is -2.49. The summed E-state index contributed by atoms with van der Waals surface area (Å²) in [6.07, 6.45) is -0.291. The van der Waals surface area contributed by atoms with Crippen molar-refractivity contribution >= 4 is 38.9 Å². The molecule has 0 saturated heterocycles. The highest BCUT2D eigenvalue weighted by molar-refractivity contribution is 7.92. The maximum absolute atomic E-state index is 13.5. The third-order valence-electron chi connectivity index (χ3n) is 5.68. The van der Waals surface area contributed by atoms with Crippen molar-refractivity contribution in [2.45, 2.75) is 38.2 Å². The Labute approximate surface area is 199 Å². The molecule has 1 aliphatic heterocycles. The molecule has 8 heteroatoms. The van der Waals surface area contributed by atoms with E-state index >= 15 is 0 Å². The number of nitrogens with one attached hydrogen (secondary N) is 1. The molecule has 1 amide bonds. The zero-order valence-corrected chi connectivity index (χ0v) is 20.2. The minimum Gasteiger partial charge on any atom is -0.476 e. The zero-order valence-electron chi connectivity index (χ0n) is 18.6. The van der Waals surface area contributed by atoms with Gasteiger partial charge in [0.2, 0.25) is 0 Å². The summed E-state index contributed by atoms with van der Waals surface area (Å²) in [5.74, 6) is -0.134.